The SMILES string of the molecule is C[C@@H](NS(=O)(=O)c1ccc2c(c1)OCCCO2)C(=O)NCc1ccncc1. The number of hydrogen-bond donors (Lipinski definition) is 2. The van der Waals surface area contributed by atoms with Gasteiger partial charge in [-0.3, -0.25) is 9.78 Å². The van der Waals surface area contributed by atoms with E-state index < -0.39 is 22.0 Å². The van der Waals surface area contributed by atoms with Gasteiger partial charge in [0, 0.05) is 31.4 Å². The van der Waals surface area contributed by atoms with E-state index in [2.05, 4.69) is 15.0 Å². The second-order valence-electron chi connectivity index (χ2n) is 6.08. The number of pyridine rings is 1. The molecule has 8 nitrogen and oxygen atoms in total. The van der Waals surface area contributed by atoms with Crippen molar-refractivity contribution in [3.05, 3.63) is 48.3 Å². The van der Waals surface area contributed by atoms with Crippen LogP contribution in [0.1, 0.15) is 18.9 Å². The highest BCUT2D eigenvalue weighted by molar-refractivity contribution is 7.89. The molecule has 144 valence electrons. The maximum atomic E-state index is 12.6. The number of sulfonamides is 1. The normalized spacial score (nSPS) is 14.9. The molecule has 2 heterocycles. The Labute approximate surface area is 158 Å². The summed E-state index contributed by atoms with van der Waals surface area (Å²) in [6.45, 7) is 2.75. The lowest BCUT2D eigenvalue weighted by Gasteiger charge is -2.15. The van der Waals surface area contributed by atoms with Crippen molar-refractivity contribution in [1.82, 2.24) is 15.0 Å². The van der Waals surface area contributed by atoms with Crippen LogP contribution in [0.15, 0.2) is 47.6 Å². The summed E-state index contributed by atoms with van der Waals surface area (Å²) in [5.74, 6) is 0.462. The zero-order valence-electron chi connectivity index (χ0n) is 14.8. The summed E-state index contributed by atoms with van der Waals surface area (Å²) in [7, 11) is -3.89. The number of ether oxygens (including phenoxy) is 2. The fourth-order valence-electron chi connectivity index (χ4n) is 2.51. The summed E-state index contributed by atoms with van der Waals surface area (Å²) in [5, 5.41) is 2.69. The van der Waals surface area contributed by atoms with E-state index in [0.717, 1.165) is 12.0 Å². The molecule has 1 aromatic heterocycles. The van der Waals surface area contributed by atoms with Gasteiger partial charge in [0.2, 0.25) is 15.9 Å². The summed E-state index contributed by atoms with van der Waals surface area (Å²) >= 11 is 0. The summed E-state index contributed by atoms with van der Waals surface area (Å²) in [6, 6.07) is 7.00. The molecule has 1 aliphatic heterocycles. The van der Waals surface area contributed by atoms with E-state index >= 15 is 0 Å². The Morgan fingerprint density at radius 2 is 1.85 bits per heavy atom. The van der Waals surface area contributed by atoms with Crippen molar-refractivity contribution in [2.75, 3.05) is 13.2 Å². The number of fused-ring (bicyclic) bond motifs is 1. The molecule has 1 aliphatic rings. The third-order valence-electron chi connectivity index (χ3n) is 3.97. The predicted molar refractivity (Wildman–Crippen MR) is 97.9 cm³/mol. The van der Waals surface area contributed by atoms with Gasteiger partial charge in [-0.15, -0.1) is 0 Å². The number of aromatic nitrogens is 1. The highest BCUT2D eigenvalue weighted by atomic mass is 32.2. The fourth-order valence-corrected chi connectivity index (χ4v) is 3.73. The van der Waals surface area contributed by atoms with Gasteiger partial charge in [-0.2, -0.15) is 4.72 Å². The molecule has 0 aliphatic carbocycles. The van der Waals surface area contributed by atoms with Crippen LogP contribution in [0.3, 0.4) is 0 Å². The van der Waals surface area contributed by atoms with E-state index in [-0.39, 0.29) is 11.4 Å². The third-order valence-corrected chi connectivity index (χ3v) is 5.51. The lowest BCUT2D eigenvalue weighted by molar-refractivity contribution is -0.122. The van der Waals surface area contributed by atoms with Crippen LogP contribution in [-0.4, -0.2) is 38.6 Å². The number of amides is 1. The van der Waals surface area contributed by atoms with E-state index in [1.165, 1.54) is 19.1 Å². The van der Waals surface area contributed by atoms with Gasteiger partial charge in [0.15, 0.2) is 11.5 Å². The Bertz CT molecular complexity index is 902. The second kappa shape index (κ2) is 8.36. The first kappa shape index (κ1) is 19.1. The molecule has 0 saturated carbocycles. The van der Waals surface area contributed by atoms with E-state index in [4.69, 9.17) is 9.47 Å². The number of rotatable bonds is 6. The van der Waals surface area contributed by atoms with Gasteiger partial charge in [0.05, 0.1) is 24.2 Å². The summed E-state index contributed by atoms with van der Waals surface area (Å²) in [5.41, 5.74) is 0.872. The molecule has 2 N–H and O–H groups in total. The Hall–Kier alpha value is -2.65. The molecule has 1 aromatic carbocycles. The highest BCUT2D eigenvalue weighted by Gasteiger charge is 2.23. The van der Waals surface area contributed by atoms with E-state index in [1.54, 1.807) is 30.6 Å². The smallest absolute Gasteiger partial charge is 0.241 e. The predicted octanol–water partition coefficient (Wildman–Crippen LogP) is 1.23. The molecular weight excluding hydrogens is 370 g/mol. The van der Waals surface area contributed by atoms with Crippen LogP contribution in [0.2, 0.25) is 0 Å². The van der Waals surface area contributed by atoms with Gasteiger partial charge in [0.25, 0.3) is 0 Å². The zero-order valence-corrected chi connectivity index (χ0v) is 15.7. The number of nitrogens with zero attached hydrogens (tertiary/aromatic N) is 1. The minimum Gasteiger partial charge on any atom is -0.490 e. The highest BCUT2D eigenvalue weighted by Crippen LogP contribution is 2.31. The van der Waals surface area contributed by atoms with Crippen LogP contribution < -0.4 is 19.5 Å². The van der Waals surface area contributed by atoms with Crippen LogP contribution in [0.4, 0.5) is 0 Å². The number of hydrogen-bond acceptors (Lipinski definition) is 6. The van der Waals surface area contributed by atoms with Gasteiger partial charge in [-0.05, 0) is 36.8 Å². The number of carbonyl (C=O) groups excluding carboxylic acids is 1. The molecule has 27 heavy (non-hydrogen) atoms. The summed E-state index contributed by atoms with van der Waals surface area (Å²) in [4.78, 5) is 16.1. The first-order chi connectivity index (χ1) is 13.0. The fraction of sp³-hybridized carbons (Fsp3) is 0.333. The van der Waals surface area contributed by atoms with Gasteiger partial charge in [-0.1, -0.05) is 0 Å². The topological polar surface area (TPSA) is 107 Å². The van der Waals surface area contributed by atoms with Gasteiger partial charge >= 0.3 is 0 Å². The average molecular weight is 391 g/mol. The Balaban J connectivity index is 1.64. The van der Waals surface area contributed by atoms with E-state index in [1.807, 2.05) is 0 Å². The zero-order chi connectivity index (χ0) is 19.3. The minimum atomic E-state index is -3.89. The third kappa shape index (κ3) is 4.95. The quantitative estimate of drug-likeness (QED) is 0.767. The van der Waals surface area contributed by atoms with Crippen LogP contribution in [-0.2, 0) is 21.4 Å². The monoisotopic (exact) mass is 391 g/mol. The van der Waals surface area contributed by atoms with Crippen molar-refractivity contribution in [3.8, 4) is 11.5 Å². The standard InChI is InChI=1S/C18H21N3O5S/c1-13(18(22)20-12-14-5-7-19-8-6-14)21-27(23,24)15-3-4-16-17(11-15)26-10-2-9-25-16/h3-8,11,13,21H,2,9-10,12H2,1H3,(H,20,22)/t13-/m1/s1. The van der Waals surface area contributed by atoms with Gasteiger partial charge in [-0.25, -0.2) is 8.42 Å². The molecule has 0 saturated heterocycles. The molecule has 1 amide bonds. The first-order valence-electron chi connectivity index (χ1n) is 8.54. The molecule has 0 radical (unpaired) electrons. The molecule has 1 atom stereocenters. The minimum absolute atomic E-state index is 0.0144. The molecule has 9 heteroatoms. The molecule has 0 bridgehead atoms. The van der Waals surface area contributed by atoms with Crippen molar-refractivity contribution in [3.63, 3.8) is 0 Å². The maximum Gasteiger partial charge on any atom is 0.241 e. The van der Waals surface area contributed by atoms with Gasteiger partial charge < -0.3 is 14.8 Å². The lowest BCUT2D eigenvalue weighted by Crippen LogP contribution is -2.44. The number of nitrogens with one attached hydrogen (secondary N) is 2. The molecule has 0 unspecified atom stereocenters. The Morgan fingerprint density at radius 1 is 1.15 bits per heavy atom. The van der Waals surface area contributed by atoms with Gasteiger partial charge in [0.1, 0.15) is 0 Å². The Morgan fingerprint density at radius 3 is 2.59 bits per heavy atom. The van der Waals surface area contributed by atoms with Crippen LogP contribution in [0.5, 0.6) is 11.5 Å². The van der Waals surface area contributed by atoms with Crippen molar-refractivity contribution in [2.45, 2.75) is 30.8 Å². The molecule has 0 fully saturated rings. The summed E-state index contributed by atoms with van der Waals surface area (Å²) in [6.07, 6.45) is 3.97. The van der Waals surface area contributed by atoms with Crippen molar-refractivity contribution >= 4 is 15.9 Å². The van der Waals surface area contributed by atoms with E-state index in [0.29, 0.717) is 24.7 Å². The Kier molecular flexibility index (Phi) is 5.92. The maximum absolute atomic E-state index is 12.6. The molecule has 2 aromatic rings. The first-order valence-corrected chi connectivity index (χ1v) is 10.0. The lowest BCUT2D eigenvalue weighted by atomic mass is 10.2. The van der Waals surface area contributed by atoms with Crippen molar-refractivity contribution in [2.24, 2.45) is 0 Å². The largest absolute Gasteiger partial charge is 0.490 e. The average Bonchev–Trinajstić information content (AvgIpc) is 2.91. The van der Waals surface area contributed by atoms with Crippen molar-refractivity contribution in [1.29, 1.82) is 0 Å². The number of benzene rings is 1. The van der Waals surface area contributed by atoms with E-state index in [9.17, 15) is 13.2 Å². The second-order valence-corrected chi connectivity index (χ2v) is 7.79. The molecule has 0 spiro atoms. The van der Waals surface area contributed by atoms with Crippen LogP contribution in [0.25, 0.3) is 0 Å². The van der Waals surface area contributed by atoms with Crippen molar-refractivity contribution < 1.29 is 22.7 Å². The molecular formula is C18H21N3O5S. The summed E-state index contributed by atoms with van der Waals surface area (Å²) < 4.78 is 38.6. The van der Waals surface area contributed by atoms with Crippen LogP contribution in [0, 0.1) is 0 Å². The molecule has 3 rings (SSSR count). The van der Waals surface area contributed by atoms with Crippen LogP contribution >= 0.6 is 0 Å². The number of carbonyl (C=O) groups is 1.